The molecule has 1 aromatic rings. The van der Waals surface area contributed by atoms with Gasteiger partial charge < -0.3 is 10.5 Å². The lowest BCUT2D eigenvalue weighted by Gasteiger charge is -2.14. The van der Waals surface area contributed by atoms with Crippen LogP contribution in [-0.4, -0.2) is 24.3 Å². The predicted molar refractivity (Wildman–Crippen MR) is 59.6 cm³/mol. The number of nitrogens with two attached hydrogens (primary N) is 1. The molecule has 0 radical (unpaired) electrons. The van der Waals surface area contributed by atoms with Gasteiger partial charge in [-0.05, 0) is 19.1 Å². The second-order valence-electron chi connectivity index (χ2n) is 3.27. The normalized spacial score (nSPS) is 11.4. The van der Waals surface area contributed by atoms with Crippen LogP contribution in [0.4, 0.5) is 4.79 Å². The average Bonchev–Trinajstić information content (AvgIpc) is 2.28. The second-order valence-corrected chi connectivity index (χ2v) is 3.27. The first-order valence-corrected chi connectivity index (χ1v) is 4.85. The number of carbonyl (C=O) groups is 3. The molecule has 1 rings (SSSR count). The fourth-order valence-electron chi connectivity index (χ4n) is 1.15. The molecule has 0 fully saturated rings. The maximum atomic E-state index is 11.3. The molecule has 6 heteroatoms. The van der Waals surface area contributed by atoms with Gasteiger partial charge in [0.15, 0.2) is 12.4 Å². The number of para-hydroxylation sites is 1. The van der Waals surface area contributed by atoms with Gasteiger partial charge in [0, 0.05) is 0 Å². The Hall–Kier alpha value is -2.37. The van der Waals surface area contributed by atoms with Crippen molar-refractivity contribution >= 4 is 18.2 Å². The molecule has 0 heterocycles. The number of aldehydes is 1. The summed E-state index contributed by atoms with van der Waals surface area (Å²) in [5.74, 6) is -0.396. The minimum absolute atomic E-state index is 0.273. The van der Waals surface area contributed by atoms with Crippen molar-refractivity contribution in [3.8, 4) is 5.75 Å². The Balaban J connectivity index is 2.73. The zero-order chi connectivity index (χ0) is 12.8. The van der Waals surface area contributed by atoms with Crippen molar-refractivity contribution in [1.29, 1.82) is 0 Å². The van der Waals surface area contributed by atoms with Crippen molar-refractivity contribution in [3.63, 3.8) is 0 Å². The lowest BCUT2D eigenvalue weighted by atomic mass is 10.2. The largest absolute Gasteiger partial charge is 0.480 e. The van der Waals surface area contributed by atoms with Gasteiger partial charge in [0.1, 0.15) is 5.75 Å². The molecule has 0 aliphatic carbocycles. The van der Waals surface area contributed by atoms with E-state index in [0.717, 1.165) is 0 Å². The highest BCUT2D eigenvalue weighted by Crippen LogP contribution is 2.17. The SMILES string of the molecule is C[C@H](Oc1ccccc1C=O)C(=O)NC(N)=O. The van der Waals surface area contributed by atoms with Crippen LogP contribution in [0.25, 0.3) is 0 Å². The van der Waals surface area contributed by atoms with Gasteiger partial charge in [-0.2, -0.15) is 0 Å². The standard InChI is InChI=1S/C11H12N2O4/c1-7(10(15)13-11(12)16)17-9-5-3-2-4-8(9)6-14/h2-7H,1H3,(H3,12,13,15,16)/t7-/m0/s1. The number of hydrogen-bond acceptors (Lipinski definition) is 4. The number of imide groups is 1. The van der Waals surface area contributed by atoms with Crippen LogP contribution >= 0.6 is 0 Å². The van der Waals surface area contributed by atoms with Gasteiger partial charge in [-0.15, -0.1) is 0 Å². The lowest BCUT2D eigenvalue weighted by molar-refractivity contribution is -0.126. The molecule has 0 saturated heterocycles. The molecule has 0 saturated carbocycles. The highest BCUT2D eigenvalue weighted by atomic mass is 16.5. The molecule has 3 N–H and O–H groups in total. The molecule has 17 heavy (non-hydrogen) atoms. The Labute approximate surface area is 97.7 Å². The van der Waals surface area contributed by atoms with E-state index in [4.69, 9.17) is 10.5 Å². The molecule has 3 amide bonds. The Morgan fingerprint density at radius 1 is 1.41 bits per heavy atom. The summed E-state index contributed by atoms with van der Waals surface area (Å²) in [6, 6.07) is 5.50. The van der Waals surface area contributed by atoms with E-state index in [9.17, 15) is 14.4 Å². The summed E-state index contributed by atoms with van der Waals surface area (Å²) < 4.78 is 5.25. The third kappa shape index (κ3) is 3.60. The average molecular weight is 236 g/mol. The van der Waals surface area contributed by atoms with Crippen molar-refractivity contribution in [2.24, 2.45) is 5.73 Å². The van der Waals surface area contributed by atoms with Crippen LogP contribution < -0.4 is 15.8 Å². The minimum Gasteiger partial charge on any atom is -0.480 e. The lowest BCUT2D eigenvalue weighted by Crippen LogP contribution is -2.42. The number of primary amides is 1. The van der Waals surface area contributed by atoms with Crippen molar-refractivity contribution < 1.29 is 19.1 Å². The fourth-order valence-corrected chi connectivity index (χ4v) is 1.15. The van der Waals surface area contributed by atoms with E-state index in [-0.39, 0.29) is 5.75 Å². The molecule has 0 bridgehead atoms. The Kier molecular flexibility index (Phi) is 4.21. The third-order valence-electron chi connectivity index (χ3n) is 1.97. The van der Waals surface area contributed by atoms with Crippen molar-refractivity contribution in [3.05, 3.63) is 29.8 Å². The van der Waals surface area contributed by atoms with E-state index in [2.05, 4.69) is 0 Å². The summed E-state index contributed by atoms with van der Waals surface area (Å²) in [5.41, 5.74) is 5.12. The zero-order valence-electron chi connectivity index (χ0n) is 9.17. The summed E-state index contributed by atoms with van der Waals surface area (Å²) in [4.78, 5) is 32.5. The van der Waals surface area contributed by atoms with Crippen LogP contribution in [0.2, 0.25) is 0 Å². The van der Waals surface area contributed by atoms with Crippen LogP contribution in [0.3, 0.4) is 0 Å². The molecular formula is C11H12N2O4. The van der Waals surface area contributed by atoms with Crippen LogP contribution in [0.1, 0.15) is 17.3 Å². The highest BCUT2D eigenvalue weighted by molar-refractivity contribution is 5.95. The van der Waals surface area contributed by atoms with E-state index in [1.54, 1.807) is 24.3 Å². The first-order valence-electron chi connectivity index (χ1n) is 4.85. The van der Waals surface area contributed by atoms with Crippen LogP contribution in [0.15, 0.2) is 24.3 Å². The number of ether oxygens (including phenoxy) is 1. The number of urea groups is 1. The molecule has 0 unspecified atom stereocenters. The summed E-state index contributed by atoms with van der Waals surface area (Å²) in [6.07, 6.45) is -0.308. The molecular weight excluding hydrogens is 224 g/mol. The third-order valence-corrected chi connectivity index (χ3v) is 1.97. The number of carbonyl (C=O) groups excluding carboxylic acids is 3. The zero-order valence-corrected chi connectivity index (χ0v) is 9.17. The summed E-state index contributed by atoms with van der Waals surface area (Å²) in [5, 5.41) is 1.89. The molecule has 1 atom stereocenters. The first kappa shape index (κ1) is 12.7. The maximum Gasteiger partial charge on any atom is 0.318 e. The summed E-state index contributed by atoms with van der Waals surface area (Å²) in [7, 11) is 0. The quantitative estimate of drug-likeness (QED) is 0.742. The Morgan fingerprint density at radius 3 is 2.65 bits per heavy atom. The number of benzene rings is 1. The predicted octanol–water partition coefficient (Wildman–Crippen LogP) is 0.461. The molecule has 6 nitrogen and oxygen atoms in total. The topological polar surface area (TPSA) is 98.5 Å². The Morgan fingerprint density at radius 2 is 2.06 bits per heavy atom. The van der Waals surface area contributed by atoms with E-state index in [0.29, 0.717) is 11.8 Å². The van der Waals surface area contributed by atoms with Crippen molar-refractivity contribution in [2.45, 2.75) is 13.0 Å². The van der Waals surface area contributed by atoms with Gasteiger partial charge in [-0.1, -0.05) is 12.1 Å². The number of amides is 3. The Bertz CT molecular complexity index is 445. The van der Waals surface area contributed by atoms with Gasteiger partial charge in [-0.25, -0.2) is 4.79 Å². The monoisotopic (exact) mass is 236 g/mol. The van der Waals surface area contributed by atoms with Gasteiger partial charge in [0.2, 0.25) is 0 Å². The first-order chi connectivity index (χ1) is 8.04. The van der Waals surface area contributed by atoms with E-state index >= 15 is 0 Å². The van der Waals surface area contributed by atoms with Crippen LogP contribution in [0, 0.1) is 0 Å². The molecule has 0 aromatic heterocycles. The molecule has 0 aliphatic rings. The van der Waals surface area contributed by atoms with E-state index in [1.807, 2.05) is 5.32 Å². The van der Waals surface area contributed by atoms with Gasteiger partial charge in [0.05, 0.1) is 5.56 Å². The smallest absolute Gasteiger partial charge is 0.318 e. The molecule has 90 valence electrons. The number of hydrogen-bond donors (Lipinski definition) is 2. The van der Waals surface area contributed by atoms with E-state index < -0.39 is 18.0 Å². The highest BCUT2D eigenvalue weighted by Gasteiger charge is 2.17. The minimum atomic E-state index is -0.950. The number of rotatable bonds is 4. The van der Waals surface area contributed by atoms with Gasteiger partial charge in [-0.3, -0.25) is 14.9 Å². The van der Waals surface area contributed by atoms with Crippen molar-refractivity contribution in [2.75, 3.05) is 0 Å². The van der Waals surface area contributed by atoms with Crippen molar-refractivity contribution in [1.82, 2.24) is 5.32 Å². The second kappa shape index (κ2) is 5.64. The molecule has 1 aromatic carbocycles. The molecule has 0 aliphatic heterocycles. The summed E-state index contributed by atoms with van der Waals surface area (Å²) in [6.45, 7) is 1.44. The van der Waals surface area contributed by atoms with Crippen LogP contribution in [-0.2, 0) is 4.79 Å². The van der Waals surface area contributed by atoms with Gasteiger partial charge >= 0.3 is 6.03 Å². The molecule has 0 spiro atoms. The van der Waals surface area contributed by atoms with E-state index in [1.165, 1.54) is 6.92 Å². The number of nitrogens with one attached hydrogen (secondary N) is 1. The maximum absolute atomic E-state index is 11.3. The fraction of sp³-hybridized carbons (Fsp3) is 0.182. The van der Waals surface area contributed by atoms with Crippen LogP contribution in [0.5, 0.6) is 5.75 Å². The van der Waals surface area contributed by atoms with Gasteiger partial charge in [0.25, 0.3) is 5.91 Å². The summed E-state index contributed by atoms with van der Waals surface area (Å²) >= 11 is 0.